The third-order valence-electron chi connectivity index (χ3n) is 4.68. The summed E-state index contributed by atoms with van der Waals surface area (Å²) in [6.07, 6.45) is 1.35. The molecular formula is C17H21FN4O2. The van der Waals surface area contributed by atoms with E-state index >= 15 is 0 Å². The molecule has 6 nitrogen and oxygen atoms in total. The zero-order chi connectivity index (χ0) is 17.4. The van der Waals surface area contributed by atoms with E-state index in [-0.39, 0.29) is 17.8 Å². The number of fused-ring (bicyclic) bond motifs is 1. The first-order chi connectivity index (χ1) is 11.4. The van der Waals surface area contributed by atoms with Gasteiger partial charge in [0.1, 0.15) is 12.4 Å². The largest absolute Gasteiger partial charge is 0.339 e. The van der Waals surface area contributed by atoms with Crippen molar-refractivity contribution in [2.75, 3.05) is 27.2 Å². The van der Waals surface area contributed by atoms with Gasteiger partial charge < -0.3 is 9.80 Å². The van der Waals surface area contributed by atoms with E-state index in [0.717, 1.165) is 6.07 Å². The van der Waals surface area contributed by atoms with Crippen LogP contribution in [0.15, 0.2) is 29.3 Å². The van der Waals surface area contributed by atoms with Crippen molar-refractivity contribution in [3.8, 4) is 0 Å². The molecule has 1 aliphatic heterocycles. The number of aromatic nitrogens is 2. The lowest BCUT2D eigenvalue weighted by atomic mass is 10.1. The van der Waals surface area contributed by atoms with Gasteiger partial charge in [-0.15, -0.1) is 0 Å². The second-order valence-electron chi connectivity index (χ2n) is 6.65. The third-order valence-corrected chi connectivity index (χ3v) is 4.68. The van der Waals surface area contributed by atoms with E-state index in [0.29, 0.717) is 30.6 Å². The lowest BCUT2D eigenvalue weighted by molar-refractivity contribution is -0.131. The number of nitrogens with zero attached hydrogens (tertiary/aromatic N) is 4. The highest BCUT2D eigenvalue weighted by molar-refractivity contribution is 5.79. The lowest BCUT2D eigenvalue weighted by Crippen LogP contribution is -2.38. The van der Waals surface area contributed by atoms with Crippen LogP contribution in [-0.4, -0.2) is 58.5 Å². The maximum atomic E-state index is 13.4. The molecule has 2 heterocycles. The van der Waals surface area contributed by atoms with Crippen LogP contribution in [0.25, 0.3) is 10.9 Å². The Morgan fingerprint density at radius 1 is 1.38 bits per heavy atom. The van der Waals surface area contributed by atoms with Crippen LogP contribution in [0.1, 0.15) is 6.92 Å². The molecule has 3 rings (SSSR count). The minimum Gasteiger partial charge on any atom is -0.339 e. The Labute approximate surface area is 139 Å². The molecule has 0 radical (unpaired) electrons. The molecule has 0 bridgehead atoms. The van der Waals surface area contributed by atoms with Crippen molar-refractivity contribution in [1.82, 2.24) is 19.4 Å². The quantitative estimate of drug-likeness (QED) is 0.839. The number of halogens is 1. The summed E-state index contributed by atoms with van der Waals surface area (Å²) in [6, 6.07) is 4.19. The van der Waals surface area contributed by atoms with Gasteiger partial charge in [0.25, 0.3) is 5.56 Å². The minimum absolute atomic E-state index is 0.0782. The zero-order valence-electron chi connectivity index (χ0n) is 14.1. The summed E-state index contributed by atoms with van der Waals surface area (Å²) in [5.41, 5.74) is 0.0248. The average Bonchev–Trinajstić information content (AvgIpc) is 2.93. The van der Waals surface area contributed by atoms with Crippen LogP contribution in [0, 0.1) is 11.7 Å². The first-order valence-electron chi connectivity index (χ1n) is 7.95. The van der Waals surface area contributed by atoms with E-state index in [4.69, 9.17) is 0 Å². The number of rotatable bonds is 3. The van der Waals surface area contributed by atoms with E-state index in [9.17, 15) is 14.0 Å². The van der Waals surface area contributed by atoms with Crippen LogP contribution >= 0.6 is 0 Å². The number of likely N-dealkylation sites (N-methyl/N-ethyl adjacent to an activating group) is 1. The number of amides is 1. The number of likely N-dealkylation sites (tertiary alicyclic amines) is 1. The zero-order valence-corrected chi connectivity index (χ0v) is 14.1. The Kier molecular flexibility index (Phi) is 4.36. The van der Waals surface area contributed by atoms with Crippen molar-refractivity contribution in [1.29, 1.82) is 0 Å². The number of benzene rings is 1. The van der Waals surface area contributed by atoms with Gasteiger partial charge in [0.2, 0.25) is 5.91 Å². The van der Waals surface area contributed by atoms with Gasteiger partial charge in [0.05, 0.1) is 17.2 Å². The Morgan fingerprint density at radius 2 is 2.12 bits per heavy atom. The number of carbonyl (C=O) groups excluding carboxylic acids is 1. The Balaban J connectivity index is 1.81. The van der Waals surface area contributed by atoms with Gasteiger partial charge in [0.15, 0.2) is 0 Å². The number of carbonyl (C=O) groups is 1. The smallest absolute Gasteiger partial charge is 0.261 e. The highest BCUT2D eigenvalue weighted by Gasteiger charge is 2.33. The Morgan fingerprint density at radius 3 is 2.79 bits per heavy atom. The number of hydrogen-bond acceptors (Lipinski definition) is 4. The fraction of sp³-hybridized carbons (Fsp3) is 0.471. The monoisotopic (exact) mass is 332 g/mol. The molecule has 0 N–H and O–H groups in total. The van der Waals surface area contributed by atoms with Crippen molar-refractivity contribution < 1.29 is 9.18 Å². The summed E-state index contributed by atoms with van der Waals surface area (Å²) in [7, 11) is 4.00. The standard InChI is InChI=1S/C17H21FN4O2/c1-11-7-21(8-15(11)20(2)3)16(23)9-22-10-19-14-5-4-12(18)6-13(14)17(22)24/h4-6,10-11,15H,7-9H2,1-3H3/t11-,15-/m0/s1. The second-order valence-corrected chi connectivity index (χ2v) is 6.65. The SMILES string of the molecule is C[C@H]1CN(C(=O)Cn2cnc3ccc(F)cc3c2=O)C[C@@H]1N(C)C. The summed E-state index contributed by atoms with van der Waals surface area (Å²) >= 11 is 0. The lowest BCUT2D eigenvalue weighted by Gasteiger charge is -2.22. The molecular weight excluding hydrogens is 311 g/mol. The van der Waals surface area contributed by atoms with Gasteiger partial charge in [-0.1, -0.05) is 6.92 Å². The van der Waals surface area contributed by atoms with Crippen molar-refractivity contribution in [2.24, 2.45) is 5.92 Å². The molecule has 2 atom stereocenters. The van der Waals surface area contributed by atoms with Crippen LogP contribution < -0.4 is 5.56 Å². The molecule has 1 aromatic carbocycles. The molecule has 24 heavy (non-hydrogen) atoms. The maximum absolute atomic E-state index is 13.4. The van der Waals surface area contributed by atoms with Crippen molar-refractivity contribution in [3.05, 3.63) is 40.7 Å². The molecule has 2 aromatic rings. The topological polar surface area (TPSA) is 58.4 Å². The molecule has 128 valence electrons. The molecule has 1 amide bonds. The highest BCUT2D eigenvalue weighted by atomic mass is 19.1. The van der Waals surface area contributed by atoms with Gasteiger partial charge in [0, 0.05) is 19.1 Å². The van der Waals surface area contributed by atoms with E-state index in [1.807, 2.05) is 14.1 Å². The molecule has 1 aliphatic rings. The van der Waals surface area contributed by atoms with Crippen molar-refractivity contribution >= 4 is 16.8 Å². The summed E-state index contributed by atoms with van der Waals surface area (Å²) in [5, 5.41) is 0.186. The number of hydrogen-bond donors (Lipinski definition) is 0. The predicted molar refractivity (Wildman–Crippen MR) is 89.2 cm³/mol. The van der Waals surface area contributed by atoms with Crippen LogP contribution in [0.2, 0.25) is 0 Å². The molecule has 0 aliphatic carbocycles. The molecule has 0 saturated carbocycles. The van der Waals surface area contributed by atoms with E-state index < -0.39 is 11.4 Å². The van der Waals surface area contributed by atoms with Crippen LogP contribution in [-0.2, 0) is 11.3 Å². The minimum atomic E-state index is -0.493. The van der Waals surface area contributed by atoms with E-state index in [1.165, 1.54) is 23.0 Å². The third kappa shape index (κ3) is 3.03. The summed E-state index contributed by atoms with van der Waals surface area (Å²) in [6.45, 7) is 3.36. The second kappa shape index (κ2) is 6.32. The first kappa shape index (κ1) is 16.6. The van der Waals surface area contributed by atoms with Crippen molar-refractivity contribution in [3.63, 3.8) is 0 Å². The van der Waals surface area contributed by atoms with Crippen LogP contribution in [0.5, 0.6) is 0 Å². The van der Waals surface area contributed by atoms with E-state index in [1.54, 1.807) is 4.90 Å². The fourth-order valence-corrected chi connectivity index (χ4v) is 3.32. The van der Waals surface area contributed by atoms with Gasteiger partial charge in [-0.3, -0.25) is 14.2 Å². The molecule has 0 spiro atoms. The molecule has 7 heteroatoms. The maximum Gasteiger partial charge on any atom is 0.261 e. The molecule has 1 aromatic heterocycles. The Bertz CT molecular complexity index is 833. The van der Waals surface area contributed by atoms with E-state index in [2.05, 4.69) is 16.8 Å². The van der Waals surface area contributed by atoms with Gasteiger partial charge >= 0.3 is 0 Å². The average molecular weight is 332 g/mol. The normalized spacial score (nSPS) is 21.0. The predicted octanol–water partition coefficient (Wildman–Crippen LogP) is 0.944. The summed E-state index contributed by atoms with van der Waals surface area (Å²) < 4.78 is 14.6. The molecule has 1 fully saturated rings. The fourth-order valence-electron chi connectivity index (χ4n) is 3.32. The summed E-state index contributed by atoms with van der Waals surface area (Å²) in [5.74, 6) is -0.233. The molecule has 0 unspecified atom stereocenters. The highest BCUT2D eigenvalue weighted by Crippen LogP contribution is 2.20. The van der Waals surface area contributed by atoms with Gasteiger partial charge in [-0.25, -0.2) is 9.37 Å². The first-order valence-corrected chi connectivity index (χ1v) is 7.95. The summed E-state index contributed by atoms with van der Waals surface area (Å²) in [4.78, 5) is 33.0. The van der Waals surface area contributed by atoms with Crippen LogP contribution in [0.3, 0.4) is 0 Å². The van der Waals surface area contributed by atoms with Crippen molar-refractivity contribution in [2.45, 2.75) is 19.5 Å². The van der Waals surface area contributed by atoms with Gasteiger partial charge in [-0.2, -0.15) is 0 Å². The Hall–Kier alpha value is -2.28. The molecule has 1 saturated heterocycles. The van der Waals surface area contributed by atoms with Crippen LogP contribution in [0.4, 0.5) is 4.39 Å². The van der Waals surface area contributed by atoms with Gasteiger partial charge in [-0.05, 0) is 38.2 Å².